The van der Waals surface area contributed by atoms with Crippen molar-refractivity contribution < 1.29 is 9.21 Å². The fourth-order valence-corrected chi connectivity index (χ4v) is 6.42. The average molecular weight is 459 g/mol. The van der Waals surface area contributed by atoms with Crippen molar-refractivity contribution >= 4 is 55.7 Å². The van der Waals surface area contributed by atoms with Gasteiger partial charge in [-0.25, -0.2) is 9.97 Å². The molecule has 1 aliphatic carbocycles. The summed E-state index contributed by atoms with van der Waals surface area (Å²) in [5.41, 5.74) is 1.14. The Hall–Kier alpha value is -2.43. The minimum absolute atomic E-state index is 0.0262. The summed E-state index contributed by atoms with van der Waals surface area (Å²) in [4.78, 5) is 38.6. The van der Waals surface area contributed by atoms with Crippen molar-refractivity contribution in [2.75, 3.05) is 10.7 Å². The highest BCUT2D eigenvalue weighted by atomic mass is 32.2. The molecule has 0 aromatic carbocycles. The van der Waals surface area contributed by atoms with E-state index in [-0.39, 0.29) is 17.2 Å². The van der Waals surface area contributed by atoms with E-state index >= 15 is 0 Å². The highest BCUT2D eigenvalue weighted by molar-refractivity contribution is 7.99. The van der Waals surface area contributed by atoms with Gasteiger partial charge < -0.3 is 4.42 Å². The van der Waals surface area contributed by atoms with Crippen LogP contribution in [-0.4, -0.2) is 26.2 Å². The van der Waals surface area contributed by atoms with Crippen LogP contribution in [0.15, 0.2) is 44.3 Å². The minimum atomic E-state index is -0.116. The molecule has 7 nitrogen and oxygen atoms in total. The Kier molecular flexibility index (Phi) is 5.21. The lowest BCUT2D eigenvalue weighted by molar-refractivity contribution is -0.116. The average Bonchev–Trinajstić information content (AvgIpc) is 3.51. The summed E-state index contributed by atoms with van der Waals surface area (Å²) in [6.45, 7) is 0.308. The lowest BCUT2D eigenvalue weighted by Crippen LogP contribution is -2.32. The SMILES string of the molecule is Cn1c(SCC(=O)N(Cc2ccco2)c2nccs2)nc2sc3c(c2c1=O)CCC3. The number of hydrogen-bond donors (Lipinski definition) is 0. The standard InChI is InChI=1S/C20H18N4O3S3/c1-23-18(26)16-13-5-2-6-14(13)30-17(16)22-20(23)29-11-15(25)24(19-21-7-9-28-19)10-12-4-3-8-27-12/h3-4,7-9H,2,5-6,10-11H2,1H3. The number of carbonyl (C=O) groups is 1. The molecule has 1 amide bonds. The lowest BCUT2D eigenvalue weighted by atomic mass is 10.2. The molecule has 0 N–H and O–H groups in total. The number of aryl methyl sites for hydroxylation is 2. The van der Waals surface area contributed by atoms with Crippen LogP contribution < -0.4 is 10.5 Å². The normalized spacial score (nSPS) is 13.1. The highest BCUT2D eigenvalue weighted by Gasteiger charge is 2.24. The third kappa shape index (κ3) is 3.48. The van der Waals surface area contributed by atoms with E-state index in [0.29, 0.717) is 22.6 Å². The van der Waals surface area contributed by atoms with Gasteiger partial charge in [-0.1, -0.05) is 11.8 Å². The number of anilines is 1. The molecule has 4 aromatic rings. The molecule has 4 aromatic heterocycles. The number of nitrogens with zero attached hydrogens (tertiary/aromatic N) is 4. The molecule has 0 radical (unpaired) electrons. The Labute approximate surface area is 184 Å². The van der Waals surface area contributed by atoms with E-state index in [0.717, 1.165) is 29.5 Å². The first-order valence-corrected chi connectivity index (χ1v) is 12.2. The van der Waals surface area contributed by atoms with Crippen LogP contribution in [0.4, 0.5) is 5.13 Å². The zero-order valence-corrected chi connectivity index (χ0v) is 18.6. The van der Waals surface area contributed by atoms with Gasteiger partial charge >= 0.3 is 0 Å². The fourth-order valence-electron chi connectivity index (χ4n) is 3.61. The van der Waals surface area contributed by atoms with Crippen LogP contribution in [-0.2, 0) is 31.2 Å². The van der Waals surface area contributed by atoms with Crippen LogP contribution >= 0.6 is 34.4 Å². The van der Waals surface area contributed by atoms with Crippen LogP contribution in [0.2, 0.25) is 0 Å². The monoisotopic (exact) mass is 458 g/mol. The molecular formula is C20H18N4O3S3. The van der Waals surface area contributed by atoms with Gasteiger partial charge in [0.15, 0.2) is 10.3 Å². The van der Waals surface area contributed by atoms with Crippen molar-refractivity contribution in [3.05, 3.63) is 56.5 Å². The molecule has 10 heteroatoms. The number of amides is 1. The maximum Gasteiger partial charge on any atom is 0.262 e. The van der Waals surface area contributed by atoms with E-state index in [4.69, 9.17) is 9.40 Å². The summed E-state index contributed by atoms with van der Waals surface area (Å²) in [5, 5.41) is 3.76. The largest absolute Gasteiger partial charge is 0.467 e. The topological polar surface area (TPSA) is 81.2 Å². The summed E-state index contributed by atoms with van der Waals surface area (Å²) >= 11 is 4.29. The maximum atomic E-state index is 13.0. The van der Waals surface area contributed by atoms with Crippen LogP contribution in [0, 0.1) is 0 Å². The molecule has 0 bridgehead atoms. The predicted octanol–water partition coefficient (Wildman–Crippen LogP) is 3.86. The first kappa shape index (κ1) is 19.5. The summed E-state index contributed by atoms with van der Waals surface area (Å²) in [6, 6.07) is 3.62. The van der Waals surface area contributed by atoms with Crippen molar-refractivity contribution in [3.8, 4) is 0 Å². The zero-order chi connectivity index (χ0) is 20.7. The summed E-state index contributed by atoms with van der Waals surface area (Å²) < 4.78 is 6.97. The Morgan fingerprint density at radius 2 is 2.30 bits per heavy atom. The van der Waals surface area contributed by atoms with Gasteiger partial charge in [-0.05, 0) is 37.0 Å². The number of rotatable bonds is 6. The molecule has 0 atom stereocenters. The van der Waals surface area contributed by atoms with Gasteiger partial charge in [0.05, 0.1) is 23.9 Å². The van der Waals surface area contributed by atoms with Crippen molar-refractivity contribution in [2.24, 2.45) is 7.05 Å². The molecule has 30 heavy (non-hydrogen) atoms. The molecule has 0 aliphatic heterocycles. The molecule has 0 unspecified atom stereocenters. The van der Waals surface area contributed by atoms with E-state index in [1.54, 1.807) is 46.4 Å². The number of aromatic nitrogens is 3. The Morgan fingerprint density at radius 1 is 1.40 bits per heavy atom. The van der Waals surface area contributed by atoms with Gasteiger partial charge in [0, 0.05) is 23.5 Å². The van der Waals surface area contributed by atoms with Gasteiger partial charge in [-0.3, -0.25) is 19.1 Å². The summed E-state index contributed by atoms with van der Waals surface area (Å²) in [7, 11) is 1.72. The van der Waals surface area contributed by atoms with E-state index in [9.17, 15) is 9.59 Å². The van der Waals surface area contributed by atoms with Gasteiger partial charge in [0.2, 0.25) is 5.91 Å². The van der Waals surface area contributed by atoms with E-state index < -0.39 is 0 Å². The number of thiophene rings is 1. The van der Waals surface area contributed by atoms with Gasteiger partial charge in [0.1, 0.15) is 10.6 Å². The molecule has 0 fully saturated rings. The Morgan fingerprint density at radius 3 is 3.07 bits per heavy atom. The molecule has 0 saturated heterocycles. The second-order valence-corrected chi connectivity index (χ2v) is 9.86. The van der Waals surface area contributed by atoms with Crippen LogP contribution in [0.3, 0.4) is 0 Å². The smallest absolute Gasteiger partial charge is 0.262 e. The highest BCUT2D eigenvalue weighted by Crippen LogP contribution is 2.35. The third-order valence-corrected chi connectivity index (χ3v) is 8.07. The van der Waals surface area contributed by atoms with Crippen LogP contribution in [0.5, 0.6) is 0 Å². The molecule has 1 aliphatic rings. The second kappa shape index (κ2) is 8.01. The first-order chi connectivity index (χ1) is 14.6. The maximum absolute atomic E-state index is 13.0. The van der Waals surface area contributed by atoms with Crippen LogP contribution in [0.25, 0.3) is 10.2 Å². The molecule has 0 saturated carbocycles. The summed E-state index contributed by atoms with van der Waals surface area (Å²) in [6.07, 6.45) is 6.34. The number of thioether (sulfide) groups is 1. The zero-order valence-electron chi connectivity index (χ0n) is 16.2. The summed E-state index contributed by atoms with van der Waals surface area (Å²) in [5.74, 6) is 0.718. The molecule has 154 valence electrons. The van der Waals surface area contributed by atoms with Gasteiger partial charge in [-0.15, -0.1) is 22.7 Å². The number of carbonyl (C=O) groups excluding carboxylic acids is 1. The Bertz CT molecular complexity index is 1260. The number of hydrogen-bond acceptors (Lipinski definition) is 8. The van der Waals surface area contributed by atoms with Crippen molar-refractivity contribution in [3.63, 3.8) is 0 Å². The predicted molar refractivity (Wildman–Crippen MR) is 120 cm³/mol. The molecule has 4 heterocycles. The van der Waals surface area contributed by atoms with Crippen molar-refractivity contribution in [1.29, 1.82) is 0 Å². The fraction of sp³-hybridized carbons (Fsp3) is 0.300. The number of thiazole rings is 1. The third-order valence-electron chi connectivity index (χ3n) is 5.08. The van der Waals surface area contributed by atoms with Gasteiger partial charge in [0.25, 0.3) is 5.56 Å². The van der Waals surface area contributed by atoms with Crippen molar-refractivity contribution in [2.45, 2.75) is 31.0 Å². The molecular weight excluding hydrogens is 440 g/mol. The minimum Gasteiger partial charge on any atom is -0.467 e. The van der Waals surface area contributed by atoms with E-state index in [1.165, 1.54) is 33.5 Å². The quantitative estimate of drug-likeness (QED) is 0.322. The number of fused-ring (bicyclic) bond motifs is 3. The molecule has 0 spiro atoms. The van der Waals surface area contributed by atoms with E-state index in [2.05, 4.69) is 4.98 Å². The molecule has 5 rings (SSSR count). The second-order valence-electron chi connectivity index (χ2n) is 6.96. The van der Waals surface area contributed by atoms with Crippen molar-refractivity contribution in [1.82, 2.24) is 14.5 Å². The first-order valence-electron chi connectivity index (χ1n) is 9.48. The van der Waals surface area contributed by atoms with Gasteiger partial charge in [-0.2, -0.15) is 0 Å². The lowest BCUT2D eigenvalue weighted by Gasteiger charge is -2.18. The Balaban J connectivity index is 1.39. The number of furan rings is 1. The van der Waals surface area contributed by atoms with E-state index in [1.807, 2.05) is 11.4 Å². The van der Waals surface area contributed by atoms with Crippen LogP contribution in [0.1, 0.15) is 22.6 Å².